The first-order chi connectivity index (χ1) is 9.58. The molecule has 20 heavy (non-hydrogen) atoms. The van der Waals surface area contributed by atoms with E-state index >= 15 is 0 Å². The summed E-state index contributed by atoms with van der Waals surface area (Å²) in [5.41, 5.74) is 2.68. The van der Waals surface area contributed by atoms with Crippen LogP contribution in [0.1, 0.15) is 5.82 Å². The van der Waals surface area contributed by atoms with Crippen molar-refractivity contribution in [3.63, 3.8) is 0 Å². The Balaban J connectivity index is 2.33. The molecule has 3 rings (SSSR count). The molecule has 1 heterocycles. The maximum absolute atomic E-state index is 6.08. The number of rotatable bonds is 2. The fourth-order valence-corrected chi connectivity index (χ4v) is 3.19. The number of alkyl halides is 1. The van der Waals surface area contributed by atoms with Crippen molar-refractivity contribution < 1.29 is 0 Å². The van der Waals surface area contributed by atoms with Gasteiger partial charge in [0.1, 0.15) is 5.82 Å². The molecule has 2 aromatic carbocycles. The summed E-state index contributed by atoms with van der Waals surface area (Å²) in [7, 11) is 0. The highest BCUT2D eigenvalue weighted by Gasteiger charge is 2.13. The zero-order valence-corrected chi connectivity index (χ0v) is 13.9. The van der Waals surface area contributed by atoms with Crippen LogP contribution >= 0.6 is 50.7 Å². The van der Waals surface area contributed by atoms with E-state index in [1.807, 2.05) is 34.9 Å². The van der Waals surface area contributed by atoms with Crippen molar-refractivity contribution in [2.45, 2.75) is 5.88 Å². The van der Waals surface area contributed by atoms with Crippen LogP contribution in [0.25, 0.3) is 16.7 Å². The Hall–Kier alpha value is -0.740. The summed E-state index contributed by atoms with van der Waals surface area (Å²) in [4.78, 5) is 4.54. The molecular formula is C14H8BrCl3N2. The van der Waals surface area contributed by atoms with Crippen LogP contribution in [0.3, 0.4) is 0 Å². The topological polar surface area (TPSA) is 17.8 Å². The lowest BCUT2D eigenvalue weighted by atomic mass is 10.2. The van der Waals surface area contributed by atoms with E-state index in [4.69, 9.17) is 34.8 Å². The summed E-state index contributed by atoms with van der Waals surface area (Å²) in [5.74, 6) is 1.05. The average Bonchev–Trinajstić information content (AvgIpc) is 2.74. The minimum absolute atomic E-state index is 0.302. The lowest BCUT2D eigenvalue weighted by Gasteiger charge is -2.09. The molecule has 0 bridgehead atoms. The zero-order chi connectivity index (χ0) is 14.3. The summed E-state index contributed by atoms with van der Waals surface area (Å²) in [6, 6.07) is 11.3. The van der Waals surface area contributed by atoms with Crippen molar-refractivity contribution >= 4 is 61.8 Å². The van der Waals surface area contributed by atoms with Crippen molar-refractivity contribution in [2.75, 3.05) is 0 Å². The summed E-state index contributed by atoms with van der Waals surface area (Å²) in [5, 5.41) is 1.15. The zero-order valence-electron chi connectivity index (χ0n) is 10.1. The van der Waals surface area contributed by atoms with Gasteiger partial charge in [-0.15, -0.1) is 11.6 Å². The first kappa shape index (κ1) is 14.2. The molecule has 0 aliphatic carbocycles. The van der Waals surface area contributed by atoms with Crippen LogP contribution in [-0.4, -0.2) is 9.55 Å². The number of imidazole rings is 1. The summed E-state index contributed by atoms with van der Waals surface area (Å²) in [6.45, 7) is 0. The Bertz CT molecular complexity index is 778. The normalized spacial score (nSPS) is 11.2. The third-order valence-electron chi connectivity index (χ3n) is 2.91. The van der Waals surface area contributed by atoms with Gasteiger partial charge in [-0.2, -0.15) is 0 Å². The van der Waals surface area contributed by atoms with Gasteiger partial charge in [0.05, 0.1) is 22.6 Å². The predicted molar refractivity (Wildman–Crippen MR) is 88.3 cm³/mol. The van der Waals surface area contributed by atoms with Crippen LogP contribution < -0.4 is 0 Å². The Morgan fingerprint density at radius 2 is 1.75 bits per heavy atom. The third-order valence-corrected chi connectivity index (χ3v) is 4.08. The molecule has 6 heteroatoms. The Morgan fingerprint density at radius 1 is 1.05 bits per heavy atom. The van der Waals surface area contributed by atoms with Gasteiger partial charge in [0, 0.05) is 14.5 Å². The Labute approximate surface area is 139 Å². The van der Waals surface area contributed by atoms with E-state index in [9.17, 15) is 0 Å². The minimum atomic E-state index is 0.302. The first-order valence-corrected chi connectivity index (χ1v) is 7.86. The number of fused-ring (bicyclic) bond motifs is 1. The van der Waals surface area contributed by atoms with Crippen molar-refractivity contribution in [2.24, 2.45) is 0 Å². The predicted octanol–water partition coefficient (Wildman–Crippen LogP) is 5.83. The first-order valence-electron chi connectivity index (χ1n) is 5.78. The molecule has 0 atom stereocenters. The second-order valence-electron chi connectivity index (χ2n) is 4.26. The van der Waals surface area contributed by atoms with Gasteiger partial charge in [0.15, 0.2) is 0 Å². The second-order valence-corrected chi connectivity index (χ2v) is 6.31. The average molecular weight is 390 g/mol. The molecule has 3 aromatic rings. The largest absolute Gasteiger partial charge is 0.295 e. The molecule has 0 unspecified atom stereocenters. The van der Waals surface area contributed by atoms with Crippen LogP contribution in [0, 0.1) is 0 Å². The van der Waals surface area contributed by atoms with E-state index < -0.39 is 0 Å². The van der Waals surface area contributed by atoms with Gasteiger partial charge in [-0.05, 0) is 36.4 Å². The summed E-state index contributed by atoms with van der Waals surface area (Å²) < 4.78 is 2.94. The van der Waals surface area contributed by atoms with Crippen molar-refractivity contribution in [3.05, 3.63) is 56.7 Å². The molecule has 0 fully saturated rings. The van der Waals surface area contributed by atoms with E-state index in [1.54, 1.807) is 6.07 Å². The van der Waals surface area contributed by atoms with Gasteiger partial charge >= 0.3 is 0 Å². The number of nitrogens with zero attached hydrogens (tertiary/aromatic N) is 2. The van der Waals surface area contributed by atoms with Crippen LogP contribution in [0.2, 0.25) is 10.0 Å². The van der Waals surface area contributed by atoms with Gasteiger partial charge in [-0.3, -0.25) is 4.57 Å². The molecule has 0 saturated carbocycles. The van der Waals surface area contributed by atoms with Crippen molar-refractivity contribution in [1.82, 2.24) is 9.55 Å². The van der Waals surface area contributed by atoms with Crippen molar-refractivity contribution in [3.8, 4) is 5.69 Å². The molecule has 0 radical (unpaired) electrons. The van der Waals surface area contributed by atoms with Gasteiger partial charge in [0.2, 0.25) is 0 Å². The molecule has 102 valence electrons. The van der Waals surface area contributed by atoms with E-state index in [0.29, 0.717) is 15.9 Å². The maximum atomic E-state index is 6.08. The molecule has 0 aliphatic heterocycles. The third kappa shape index (κ3) is 2.56. The number of halogens is 4. The number of hydrogen-bond acceptors (Lipinski definition) is 1. The molecule has 0 spiro atoms. The van der Waals surface area contributed by atoms with Gasteiger partial charge in [-0.25, -0.2) is 4.98 Å². The maximum Gasteiger partial charge on any atom is 0.129 e. The van der Waals surface area contributed by atoms with Crippen LogP contribution in [-0.2, 0) is 5.88 Å². The Morgan fingerprint density at radius 3 is 2.40 bits per heavy atom. The van der Waals surface area contributed by atoms with Crippen molar-refractivity contribution in [1.29, 1.82) is 0 Å². The standard InChI is InChI=1S/C14H8BrCl3N2/c15-8-1-2-13-12(3-8)19-14(7-16)20(13)11-5-9(17)4-10(18)6-11/h1-6H,7H2. The monoisotopic (exact) mass is 388 g/mol. The lowest BCUT2D eigenvalue weighted by Crippen LogP contribution is -1.99. The highest BCUT2D eigenvalue weighted by Crippen LogP contribution is 2.28. The van der Waals surface area contributed by atoms with Gasteiger partial charge in [-0.1, -0.05) is 39.1 Å². The minimum Gasteiger partial charge on any atom is -0.295 e. The van der Waals surface area contributed by atoms with E-state index in [0.717, 1.165) is 27.0 Å². The molecule has 0 aliphatic rings. The highest BCUT2D eigenvalue weighted by molar-refractivity contribution is 9.10. The number of hydrogen-bond donors (Lipinski definition) is 0. The molecule has 0 amide bonds. The second kappa shape index (κ2) is 5.57. The van der Waals surface area contributed by atoms with E-state index in [1.165, 1.54) is 0 Å². The van der Waals surface area contributed by atoms with Gasteiger partial charge in [0.25, 0.3) is 0 Å². The summed E-state index contributed by atoms with van der Waals surface area (Å²) in [6.07, 6.45) is 0. The Kier molecular flexibility index (Phi) is 3.95. The van der Waals surface area contributed by atoms with E-state index in [-0.39, 0.29) is 0 Å². The van der Waals surface area contributed by atoms with Gasteiger partial charge < -0.3 is 0 Å². The number of benzene rings is 2. The number of aromatic nitrogens is 2. The lowest BCUT2D eigenvalue weighted by molar-refractivity contribution is 0.982. The smallest absolute Gasteiger partial charge is 0.129 e. The summed E-state index contributed by atoms with van der Waals surface area (Å²) >= 11 is 21.6. The molecular weight excluding hydrogens is 382 g/mol. The van der Waals surface area contributed by atoms with Crippen LogP contribution in [0.15, 0.2) is 40.9 Å². The molecule has 0 saturated heterocycles. The molecule has 2 nitrogen and oxygen atoms in total. The highest BCUT2D eigenvalue weighted by atomic mass is 79.9. The van der Waals surface area contributed by atoms with Crippen LogP contribution in [0.4, 0.5) is 0 Å². The SMILES string of the molecule is ClCc1nc2cc(Br)ccc2n1-c1cc(Cl)cc(Cl)c1. The van der Waals surface area contributed by atoms with Crippen LogP contribution in [0.5, 0.6) is 0 Å². The quantitative estimate of drug-likeness (QED) is 0.503. The fourth-order valence-electron chi connectivity index (χ4n) is 2.15. The fraction of sp³-hybridized carbons (Fsp3) is 0.0714. The van der Waals surface area contributed by atoms with E-state index in [2.05, 4.69) is 20.9 Å². The molecule has 1 aromatic heterocycles. The molecule has 0 N–H and O–H groups in total.